The largest absolute Gasteiger partial charge is 0.0676 e. The fourth-order valence-electron chi connectivity index (χ4n) is 7.82. The third kappa shape index (κ3) is 5.47. The van der Waals surface area contributed by atoms with Crippen molar-refractivity contribution in [2.75, 3.05) is 0 Å². The van der Waals surface area contributed by atoms with Crippen LogP contribution in [0.15, 0.2) is 42.5 Å². The molecule has 0 atom stereocenters. The molecular weight excluding hydrogens is 463 g/mol. The first-order chi connectivity index (χ1) is 17.8. The minimum atomic E-state index is -0.246. The molecule has 37 heavy (non-hydrogen) atoms. The minimum absolute atomic E-state index is 0.246. The third-order valence-corrected chi connectivity index (χ3v) is 12.7. The highest BCUT2D eigenvalue weighted by Crippen LogP contribution is 2.58. The van der Waals surface area contributed by atoms with Crippen molar-refractivity contribution in [2.45, 2.75) is 117 Å². The van der Waals surface area contributed by atoms with Crippen LogP contribution in [0.3, 0.4) is 0 Å². The van der Waals surface area contributed by atoms with E-state index in [2.05, 4.69) is 84.0 Å². The minimum Gasteiger partial charge on any atom is -0.0676 e. The average Bonchev–Trinajstić information content (AvgIpc) is 2.85. The number of hydrogen-bond donors (Lipinski definition) is 0. The van der Waals surface area contributed by atoms with Gasteiger partial charge >= 0.3 is 0 Å². The van der Waals surface area contributed by atoms with Crippen LogP contribution < -0.4 is 5.30 Å². The Balaban J connectivity index is 1.83. The molecule has 0 unspecified atom stereocenters. The maximum Gasteiger partial charge on any atom is -0.00783 e. The van der Waals surface area contributed by atoms with Gasteiger partial charge in [0, 0.05) is 0 Å². The molecule has 0 heterocycles. The molecule has 0 aromatic heterocycles. The van der Waals surface area contributed by atoms with Crippen molar-refractivity contribution in [3.63, 3.8) is 0 Å². The van der Waals surface area contributed by atoms with Crippen LogP contribution in [0.2, 0.25) is 0 Å². The van der Waals surface area contributed by atoms with Crippen molar-refractivity contribution in [1.82, 2.24) is 0 Å². The predicted octanol–water partition coefficient (Wildman–Crippen LogP) is 10.6. The monoisotopic (exact) mass is 510 g/mol. The number of hydrogen-bond acceptors (Lipinski definition) is 0. The van der Waals surface area contributed by atoms with E-state index >= 15 is 0 Å². The second-order valence-electron chi connectivity index (χ2n) is 12.2. The fraction of sp³-hybridized carbons (Fsp3) is 0.500. The van der Waals surface area contributed by atoms with Crippen LogP contribution in [0, 0.1) is 41.5 Å². The zero-order valence-electron chi connectivity index (χ0n) is 24.2. The molecule has 0 spiro atoms. The van der Waals surface area contributed by atoms with Crippen LogP contribution in [0.25, 0.3) is 22.3 Å². The zero-order valence-corrected chi connectivity index (χ0v) is 25.1. The molecule has 0 aliphatic heterocycles. The smallest absolute Gasteiger partial charge is 0.00783 e. The highest BCUT2D eigenvalue weighted by molar-refractivity contribution is 7.67. The van der Waals surface area contributed by atoms with E-state index in [-0.39, 0.29) is 7.92 Å². The van der Waals surface area contributed by atoms with E-state index in [0.717, 1.165) is 11.3 Å². The fourth-order valence-corrected chi connectivity index (χ4v) is 11.9. The Bertz CT molecular complexity index is 1110. The number of rotatable bonds is 5. The van der Waals surface area contributed by atoms with Gasteiger partial charge in [0.05, 0.1) is 0 Å². The van der Waals surface area contributed by atoms with Gasteiger partial charge in [-0.1, -0.05) is 100 Å². The molecule has 2 aliphatic carbocycles. The van der Waals surface area contributed by atoms with Crippen LogP contribution >= 0.6 is 7.92 Å². The van der Waals surface area contributed by atoms with Gasteiger partial charge < -0.3 is 0 Å². The Morgan fingerprint density at radius 1 is 0.514 bits per heavy atom. The molecular formula is C36H47P. The quantitative estimate of drug-likeness (QED) is 0.299. The highest BCUT2D eigenvalue weighted by Gasteiger charge is 2.36. The number of aryl methyl sites for hydroxylation is 6. The summed E-state index contributed by atoms with van der Waals surface area (Å²) in [6, 6.07) is 17.0. The lowest BCUT2D eigenvalue weighted by atomic mass is 9.89. The van der Waals surface area contributed by atoms with Crippen LogP contribution in [0.1, 0.15) is 97.6 Å². The molecule has 1 heteroatoms. The third-order valence-electron chi connectivity index (χ3n) is 9.12. The Morgan fingerprint density at radius 3 is 1.22 bits per heavy atom. The van der Waals surface area contributed by atoms with Crippen molar-refractivity contribution in [1.29, 1.82) is 0 Å². The van der Waals surface area contributed by atoms with E-state index in [1.165, 1.54) is 109 Å². The van der Waals surface area contributed by atoms with Crippen molar-refractivity contribution in [2.24, 2.45) is 0 Å². The Labute approximate surface area is 228 Å². The Morgan fingerprint density at radius 2 is 0.865 bits per heavy atom. The van der Waals surface area contributed by atoms with Gasteiger partial charge in [0.25, 0.3) is 0 Å². The Hall–Kier alpha value is -1.91. The van der Waals surface area contributed by atoms with Crippen molar-refractivity contribution in [3.05, 3.63) is 75.8 Å². The van der Waals surface area contributed by atoms with Crippen molar-refractivity contribution >= 4 is 13.2 Å². The molecule has 196 valence electrons. The van der Waals surface area contributed by atoms with E-state index in [4.69, 9.17) is 0 Å². The second-order valence-corrected chi connectivity index (χ2v) is 15.0. The van der Waals surface area contributed by atoms with Gasteiger partial charge in [0.1, 0.15) is 0 Å². The maximum atomic E-state index is 2.49. The normalized spacial score (nSPS) is 17.5. The van der Waals surface area contributed by atoms with E-state index in [0.29, 0.717) is 0 Å². The van der Waals surface area contributed by atoms with Crippen molar-refractivity contribution < 1.29 is 0 Å². The molecule has 0 amide bonds. The standard InChI is InChI=1S/C36H47P/c1-24-20-26(3)34(27(4)21-24)32-18-13-19-33(35-28(5)22-25(2)23-29(35)6)36(32)37(30-14-9-7-10-15-30)31-16-11-8-12-17-31/h13,18-23,30-31H,7-12,14-17H2,1-6H3. The highest BCUT2D eigenvalue weighted by atomic mass is 31.1. The van der Waals surface area contributed by atoms with Gasteiger partial charge in [-0.05, 0) is 128 Å². The summed E-state index contributed by atoms with van der Waals surface area (Å²) < 4.78 is 0. The molecule has 2 aliphatic rings. The van der Waals surface area contributed by atoms with E-state index in [1.807, 2.05) is 0 Å². The van der Waals surface area contributed by atoms with E-state index in [9.17, 15) is 0 Å². The second kappa shape index (κ2) is 11.5. The van der Waals surface area contributed by atoms with Crippen LogP contribution in [0.4, 0.5) is 0 Å². The van der Waals surface area contributed by atoms with Crippen molar-refractivity contribution in [3.8, 4) is 22.3 Å². The molecule has 0 bridgehead atoms. The first-order valence-electron chi connectivity index (χ1n) is 14.9. The molecule has 3 aromatic rings. The molecule has 5 rings (SSSR count). The lowest BCUT2D eigenvalue weighted by Gasteiger charge is -2.41. The molecule has 2 saturated carbocycles. The summed E-state index contributed by atoms with van der Waals surface area (Å²) in [7, 11) is -0.246. The van der Waals surface area contributed by atoms with E-state index in [1.54, 1.807) is 16.4 Å². The Kier molecular flexibility index (Phi) is 8.26. The van der Waals surface area contributed by atoms with E-state index < -0.39 is 0 Å². The van der Waals surface area contributed by atoms with Gasteiger partial charge in [0.15, 0.2) is 0 Å². The number of benzene rings is 3. The van der Waals surface area contributed by atoms with Gasteiger partial charge in [0.2, 0.25) is 0 Å². The predicted molar refractivity (Wildman–Crippen MR) is 166 cm³/mol. The summed E-state index contributed by atoms with van der Waals surface area (Å²) in [5.41, 5.74) is 16.4. The van der Waals surface area contributed by atoms with Crippen LogP contribution in [-0.2, 0) is 0 Å². The first kappa shape index (κ1) is 26.7. The van der Waals surface area contributed by atoms with Gasteiger partial charge in [-0.2, -0.15) is 0 Å². The average molecular weight is 511 g/mol. The zero-order chi connectivity index (χ0) is 26.1. The molecule has 0 radical (unpaired) electrons. The lowest BCUT2D eigenvalue weighted by molar-refractivity contribution is 0.487. The lowest BCUT2D eigenvalue weighted by Crippen LogP contribution is -2.28. The topological polar surface area (TPSA) is 0 Å². The molecule has 0 saturated heterocycles. The van der Waals surface area contributed by atoms with Gasteiger partial charge in [-0.15, -0.1) is 0 Å². The summed E-state index contributed by atoms with van der Waals surface area (Å²) >= 11 is 0. The van der Waals surface area contributed by atoms with Gasteiger partial charge in [-0.3, -0.25) is 0 Å². The molecule has 0 N–H and O–H groups in total. The maximum absolute atomic E-state index is 2.49. The summed E-state index contributed by atoms with van der Waals surface area (Å²) in [4.78, 5) is 0. The summed E-state index contributed by atoms with van der Waals surface area (Å²) in [5, 5.41) is 1.75. The SMILES string of the molecule is Cc1cc(C)c(-c2cccc(-c3c(C)cc(C)cc3C)c2P(C2CCCCC2)C2CCCCC2)c(C)c1. The van der Waals surface area contributed by atoms with Crippen LogP contribution in [0.5, 0.6) is 0 Å². The first-order valence-corrected chi connectivity index (χ1v) is 16.4. The van der Waals surface area contributed by atoms with Crippen LogP contribution in [-0.4, -0.2) is 11.3 Å². The molecule has 0 nitrogen and oxygen atoms in total. The summed E-state index contributed by atoms with van der Waals surface area (Å²) in [6.07, 6.45) is 14.3. The summed E-state index contributed by atoms with van der Waals surface area (Å²) in [6.45, 7) is 13.9. The molecule has 3 aromatic carbocycles. The molecule has 2 fully saturated rings. The van der Waals surface area contributed by atoms with Gasteiger partial charge in [-0.25, -0.2) is 0 Å². The summed E-state index contributed by atoms with van der Waals surface area (Å²) in [5.74, 6) is 0.